The second-order valence-corrected chi connectivity index (χ2v) is 6.09. The number of nitrogens with zero attached hydrogens (tertiary/aromatic N) is 1. The zero-order valence-corrected chi connectivity index (χ0v) is 15.1. The molecule has 1 aromatic heterocycles. The predicted molar refractivity (Wildman–Crippen MR) is 98.9 cm³/mol. The maximum atomic E-state index is 12.2. The van der Waals surface area contributed by atoms with Gasteiger partial charge in [0.05, 0.1) is 37.4 Å². The van der Waals surface area contributed by atoms with Gasteiger partial charge in [-0.1, -0.05) is 13.8 Å². The van der Waals surface area contributed by atoms with E-state index in [0.29, 0.717) is 35.2 Å². The molecular formula is C19H25N3O3. The maximum absolute atomic E-state index is 12.2. The van der Waals surface area contributed by atoms with Crippen molar-refractivity contribution in [2.75, 3.05) is 26.1 Å². The van der Waals surface area contributed by atoms with Crippen molar-refractivity contribution < 1.29 is 14.3 Å². The van der Waals surface area contributed by atoms with Crippen LogP contribution >= 0.6 is 0 Å². The minimum absolute atomic E-state index is 0.130. The summed E-state index contributed by atoms with van der Waals surface area (Å²) in [5.74, 6) is 1.80. The molecule has 0 spiro atoms. The van der Waals surface area contributed by atoms with Crippen molar-refractivity contribution in [1.29, 1.82) is 0 Å². The monoisotopic (exact) mass is 343 g/mol. The van der Waals surface area contributed by atoms with Gasteiger partial charge < -0.3 is 20.1 Å². The number of carbonyl (C=O) groups is 1. The molecule has 2 aromatic rings. The van der Waals surface area contributed by atoms with E-state index in [4.69, 9.17) is 9.47 Å². The van der Waals surface area contributed by atoms with Gasteiger partial charge in [0.2, 0.25) is 0 Å². The highest BCUT2D eigenvalue weighted by molar-refractivity contribution is 5.94. The van der Waals surface area contributed by atoms with Crippen LogP contribution in [0.1, 0.15) is 30.6 Å². The van der Waals surface area contributed by atoms with Gasteiger partial charge in [0.15, 0.2) is 0 Å². The zero-order valence-electron chi connectivity index (χ0n) is 15.1. The number of ether oxygens (including phenoxy) is 2. The van der Waals surface area contributed by atoms with Gasteiger partial charge in [-0.05, 0) is 30.5 Å². The first-order valence-electron chi connectivity index (χ1n) is 8.25. The highest BCUT2D eigenvalue weighted by Gasteiger charge is 2.09. The number of hydrogen-bond donors (Lipinski definition) is 2. The number of methoxy groups -OCH3 is 2. The SMILES string of the molecule is COc1ccc(OC)c(Nc2cncc(C(=O)NCCC(C)C)c2)c1. The Morgan fingerprint density at radius 3 is 2.64 bits per heavy atom. The minimum Gasteiger partial charge on any atom is -0.497 e. The smallest absolute Gasteiger partial charge is 0.252 e. The Labute approximate surface area is 148 Å². The molecule has 1 heterocycles. The average Bonchev–Trinajstić information content (AvgIpc) is 2.61. The highest BCUT2D eigenvalue weighted by Crippen LogP contribution is 2.31. The lowest BCUT2D eigenvalue weighted by molar-refractivity contribution is 0.0951. The second-order valence-electron chi connectivity index (χ2n) is 6.09. The molecule has 1 aromatic carbocycles. The third kappa shape index (κ3) is 5.38. The molecule has 1 amide bonds. The van der Waals surface area contributed by atoms with Crippen LogP contribution in [0.15, 0.2) is 36.7 Å². The van der Waals surface area contributed by atoms with Gasteiger partial charge >= 0.3 is 0 Å². The molecule has 134 valence electrons. The van der Waals surface area contributed by atoms with Gasteiger partial charge in [-0.25, -0.2) is 0 Å². The molecule has 0 atom stereocenters. The molecule has 6 heteroatoms. The van der Waals surface area contributed by atoms with Crippen molar-refractivity contribution in [3.05, 3.63) is 42.2 Å². The van der Waals surface area contributed by atoms with Crippen LogP contribution in [0.4, 0.5) is 11.4 Å². The Bertz CT molecular complexity index is 717. The Kier molecular flexibility index (Phi) is 6.62. The van der Waals surface area contributed by atoms with Crippen LogP contribution in [0, 0.1) is 5.92 Å². The summed E-state index contributed by atoms with van der Waals surface area (Å²) in [4.78, 5) is 16.4. The fourth-order valence-electron chi connectivity index (χ4n) is 2.28. The molecule has 2 rings (SSSR count). The Balaban J connectivity index is 2.12. The van der Waals surface area contributed by atoms with Gasteiger partial charge in [0, 0.05) is 18.8 Å². The standard InChI is InChI=1S/C19H25N3O3/c1-13(2)7-8-21-19(23)14-9-15(12-20-11-14)22-17-10-16(24-3)5-6-18(17)25-4/h5-6,9-13,22H,7-8H2,1-4H3,(H,21,23). The van der Waals surface area contributed by atoms with Gasteiger partial charge in [-0.15, -0.1) is 0 Å². The quantitative estimate of drug-likeness (QED) is 0.766. The highest BCUT2D eigenvalue weighted by atomic mass is 16.5. The van der Waals surface area contributed by atoms with Crippen molar-refractivity contribution in [2.45, 2.75) is 20.3 Å². The number of rotatable bonds is 8. The van der Waals surface area contributed by atoms with Crippen LogP contribution in [0.2, 0.25) is 0 Å². The number of amides is 1. The number of hydrogen-bond acceptors (Lipinski definition) is 5. The van der Waals surface area contributed by atoms with E-state index in [1.54, 1.807) is 32.7 Å². The number of benzene rings is 1. The van der Waals surface area contributed by atoms with Gasteiger partial charge in [-0.3, -0.25) is 9.78 Å². The van der Waals surface area contributed by atoms with Crippen LogP contribution < -0.4 is 20.1 Å². The fourth-order valence-corrected chi connectivity index (χ4v) is 2.28. The van der Waals surface area contributed by atoms with E-state index in [0.717, 1.165) is 12.1 Å². The first-order chi connectivity index (χ1) is 12.0. The summed E-state index contributed by atoms with van der Waals surface area (Å²) < 4.78 is 10.6. The van der Waals surface area contributed by atoms with Gasteiger partial charge in [0.25, 0.3) is 5.91 Å². The summed E-state index contributed by atoms with van der Waals surface area (Å²) >= 11 is 0. The van der Waals surface area contributed by atoms with Crippen LogP contribution in [0.3, 0.4) is 0 Å². The number of anilines is 2. The van der Waals surface area contributed by atoms with Crippen LogP contribution in [-0.4, -0.2) is 31.7 Å². The number of nitrogens with one attached hydrogen (secondary N) is 2. The van der Waals surface area contributed by atoms with Gasteiger partial charge in [-0.2, -0.15) is 0 Å². The zero-order chi connectivity index (χ0) is 18.2. The molecule has 0 fully saturated rings. The lowest BCUT2D eigenvalue weighted by Gasteiger charge is -2.13. The lowest BCUT2D eigenvalue weighted by Crippen LogP contribution is -2.25. The summed E-state index contributed by atoms with van der Waals surface area (Å²) in [6.07, 6.45) is 4.15. The Morgan fingerprint density at radius 1 is 1.16 bits per heavy atom. The normalized spacial score (nSPS) is 10.4. The van der Waals surface area contributed by atoms with E-state index in [1.807, 2.05) is 18.2 Å². The Hall–Kier alpha value is -2.76. The topological polar surface area (TPSA) is 72.5 Å². The summed E-state index contributed by atoms with van der Waals surface area (Å²) in [7, 11) is 3.21. The summed E-state index contributed by atoms with van der Waals surface area (Å²) in [6, 6.07) is 7.22. The number of carbonyl (C=O) groups excluding carboxylic acids is 1. The lowest BCUT2D eigenvalue weighted by atomic mass is 10.1. The first kappa shape index (κ1) is 18.6. The minimum atomic E-state index is -0.130. The molecule has 25 heavy (non-hydrogen) atoms. The van der Waals surface area contributed by atoms with Crippen molar-refractivity contribution in [2.24, 2.45) is 5.92 Å². The van der Waals surface area contributed by atoms with Gasteiger partial charge in [0.1, 0.15) is 11.5 Å². The first-order valence-corrected chi connectivity index (χ1v) is 8.25. The Morgan fingerprint density at radius 2 is 1.96 bits per heavy atom. The molecule has 0 saturated carbocycles. The van der Waals surface area contributed by atoms with Crippen LogP contribution in [-0.2, 0) is 0 Å². The average molecular weight is 343 g/mol. The molecule has 0 bridgehead atoms. The molecule has 0 radical (unpaired) electrons. The second kappa shape index (κ2) is 8.92. The summed E-state index contributed by atoms with van der Waals surface area (Å²) in [6.45, 7) is 4.90. The fraction of sp³-hybridized carbons (Fsp3) is 0.368. The van der Waals surface area contributed by atoms with Crippen LogP contribution in [0.5, 0.6) is 11.5 Å². The molecular weight excluding hydrogens is 318 g/mol. The third-order valence-electron chi connectivity index (χ3n) is 3.69. The van der Waals surface area contributed by atoms with E-state index < -0.39 is 0 Å². The summed E-state index contributed by atoms with van der Waals surface area (Å²) in [5, 5.41) is 6.13. The largest absolute Gasteiger partial charge is 0.497 e. The molecule has 0 unspecified atom stereocenters. The summed E-state index contributed by atoms with van der Waals surface area (Å²) in [5.41, 5.74) is 1.94. The predicted octanol–water partition coefficient (Wildman–Crippen LogP) is 3.62. The van der Waals surface area contributed by atoms with Crippen molar-refractivity contribution in [3.8, 4) is 11.5 Å². The molecule has 0 aliphatic rings. The third-order valence-corrected chi connectivity index (χ3v) is 3.69. The molecule has 6 nitrogen and oxygen atoms in total. The van der Waals surface area contributed by atoms with Crippen LogP contribution in [0.25, 0.3) is 0 Å². The van der Waals surface area contributed by atoms with Crippen molar-refractivity contribution >= 4 is 17.3 Å². The number of pyridine rings is 1. The molecule has 0 saturated heterocycles. The van der Waals surface area contributed by atoms with E-state index in [1.165, 1.54) is 0 Å². The van der Waals surface area contributed by atoms with E-state index in [2.05, 4.69) is 29.5 Å². The van der Waals surface area contributed by atoms with Crippen molar-refractivity contribution in [1.82, 2.24) is 10.3 Å². The van der Waals surface area contributed by atoms with E-state index >= 15 is 0 Å². The molecule has 0 aliphatic heterocycles. The molecule has 0 aliphatic carbocycles. The molecule has 2 N–H and O–H groups in total. The maximum Gasteiger partial charge on any atom is 0.252 e. The van der Waals surface area contributed by atoms with Crippen molar-refractivity contribution in [3.63, 3.8) is 0 Å². The van der Waals surface area contributed by atoms with E-state index in [-0.39, 0.29) is 5.91 Å². The number of aromatic nitrogens is 1. The van der Waals surface area contributed by atoms with E-state index in [9.17, 15) is 4.79 Å².